The van der Waals surface area contributed by atoms with E-state index in [2.05, 4.69) is 20.9 Å². The van der Waals surface area contributed by atoms with Gasteiger partial charge in [-0.25, -0.2) is 4.98 Å². The van der Waals surface area contributed by atoms with Crippen LogP contribution < -0.4 is 10.6 Å². The van der Waals surface area contributed by atoms with Crippen molar-refractivity contribution in [2.45, 2.75) is 20.3 Å². The Morgan fingerprint density at radius 3 is 2.72 bits per heavy atom. The molecule has 2 amide bonds. The van der Waals surface area contributed by atoms with E-state index in [1.54, 1.807) is 0 Å². The van der Waals surface area contributed by atoms with Crippen LogP contribution in [0.2, 0.25) is 0 Å². The van der Waals surface area contributed by atoms with E-state index >= 15 is 0 Å². The Kier molecular flexibility index (Phi) is 3.38. The minimum Gasteiger partial charge on any atom is -0.369 e. The number of aryl methyl sites for hydroxylation is 2. The first kappa shape index (κ1) is 13.0. The first-order valence-electron chi connectivity index (χ1n) is 5.63. The van der Waals surface area contributed by atoms with E-state index in [1.165, 1.54) is 4.90 Å². The third-order valence-corrected chi connectivity index (χ3v) is 4.29. The van der Waals surface area contributed by atoms with Gasteiger partial charge >= 0.3 is 0 Å². The number of nitrogens with two attached hydrogens (primary N) is 1. The van der Waals surface area contributed by atoms with E-state index in [1.807, 2.05) is 19.9 Å². The molecule has 0 bridgehead atoms. The number of primary amides is 1. The van der Waals surface area contributed by atoms with Crippen molar-refractivity contribution < 1.29 is 9.59 Å². The van der Waals surface area contributed by atoms with E-state index in [0.29, 0.717) is 12.4 Å². The van der Waals surface area contributed by atoms with Gasteiger partial charge in [0.1, 0.15) is 5.82 Å². The number of rotatable bonds is 2. The highest BCUT2D eigenvalue weighted by molar-refractivity contribution is 9.10. The second-order valence-corrected chi connectivity index (χ2v) is 5.30. The first-order valence-corrected chi connectivity index (χ1v) is 6.43. The number of carbonyl (C=O) groups excluding carboxylic acids is 2. The summed E-state index contributed by atoms with van der Waals surface area (Å²) in [5.74, 6) is -0.366. The first-order chi connectivity index (χ1) is 8.40. The second kappa shape index (κ2) is 4.68. The largest absolute Gasteiger partial charge is 0.369 e. The molecule has 1 aromatic rings. The van der Waals surface area contributed by atoms with Crippen LogP contribution in [0.5, 0.6) is 0 Å². The number of anilines is 1. The predicted molar refractivity (Wildman–Crippen MR) is 71.1 cm³/mol. The van der Waals surface area contributed by atoms with Crippen molar-refractivity contribution in [2.24, 2.45) is 11.7 Å². The summed E-state index contributed by atoms with van der Waals surface area (Å²) < 4.78 is 0.935. The van der Waals surface area contributed by atoms with Crippen LogP contribution in [-0.4, -0.2) is 23.3 Å². The zero-order valence-electron chi connectivity index (χ0n) is 10.2. The summed E-state index contributed by atoms with van der Waals surface area (Å²) in [6.07, 6.45) is 0.172. The lowest BCUT2D eigenvalue weighted by Gasteiger charge is -2.17. The number of nitrogens with zero attached hydrogens (tertiary/aromatic N) is 2. The van der Waals surface area contributed by atoms with Gasteiger partial charge in [0, 0.05) is 17.4 Å². The zero-order chi connectivity index (χ0) is 13.4. The summed E-state index contributed by atoms with van der Waals surface area (Å²) in [6, 6.07) is 1.83. The maximum Gasteiger partial charge on any atom is 0.229 e. The minimum atomic E-state index is -0.434. The van der Waals surface area contributed by atoms with E-state index in [0.717, 1.165) is 15.7 Å². The molecule has 1 aromatic heterocycles. The summed E-state index contributed by atoms with van der Waals surface area (Å²) in [5.41, 5.74) is 7.07. The monoisotopic (exact) mass is 311 g/mol. The average molecular weight is 312 g/mol. The molecular formula is C12H14BrN3O2. The molecule has 1 saturated heterocycles. The fourth-order valence-electron chi connectivity index (χ4n) is 2.05. The molecule has 18 heavy (non-hydrogen) atoms. The van der Waals surface area contributed by atoms with Gasteiger partial charge in [-0.15, -0.1) is 0 Å². The predicted octanol–water partition coefficient (Wildman–Crippen LogP) is 1.30. The van der Waals surface area contributed by atoms with Crippen LogP contribution in [0.4, 0.5) is 5.82 Å². The molecule has 0 saturated carbocycles. The average Bonchev–Trinajstić information content (AvgIpc) is 2.68. The molecule has 0 radical (unpaired) electrons. The summed E-state index contributed by atoms with van der Waals surface area (Å²) in [5, 5.41) is 0. The fourth-order valence-corrected chi connectivity index (χ4v) is 2.26. The maximum atomic E-state index is 11.9. The third-order valence-electron chi connectivity index (χ3n) is 3.10. The van der Waals surface area contributed by atoms with Crippen molar-refractivity contribution in [1.82, 2.24) is 4.98 Å². The Morgan fingerprint density at radius 1 is 1.56 bits per heavy atom. The summed E-state index contributed by atoms with van der Waals surface area (Å²) in [6.45, 7) is 4.13. The van der Waals surface area contributed by atoms with Gasteiger partial charge in [0.05, 0.1) is 11.6 Å². The van der Waals surface area contributed by atoms with Gasteiger partial charge in [0.2, 0.25) is 11.8 Å². The third kappa shape index (κ3) is 2.25. The fraction of sp³-hybridized carbons (Fsp3) is 0.417. The molecule has 1 unspecified atom stereocenters. The Labute approximate surface area is 113 Å². The summed E-state index contributed by atoms with van der Waals surface area (Å²) in [4.78, 5) is 28.9. The van der Waals surface area contributed by atoms with Crippen molar-refractivity contribution in [3.05, 3.63) is 21.8 Å². The molecule has 6 heteroatoms. The van der Waals surface area contributed by atoms with Crippen molar-refractivity contribution >= 4 is 33.6 Å². The number of hydrogen-bond donors (Lipinski definition) is 1. The number of amides is 2. The van der Waals surface area contributed by atoms with Gasteiger partial charge in [-0.2, -0.15) is 0 Å². The van der Waals surface area contributed by atoms with Gasteiger partial charge in [-0.05, 0) is 41.4 Å². The molecule has 2 heterocycles. The van der Waals surface area contributed by atoms with Crippen molar-refractivity contribution in [3.8, 4) is 0 Å². The molecule has 2 rings (SSSR count). The Hall–Kier alpha value is -1.43. The van der Waals surface area contributed by atoms with Gasteiger partial charge in [0.15, 0.2) is 0 Å². The molecule has 1 atom stereocenters. The standard InChI is InChI=1S/C12H14BrN3O2/c1-6-3-9(15-7(2)11(6)13)16-5-8(12(14)18)4-10(16)17/h3,8H,4-5H2,1-2H3,(H2,14,18). The zero-order valence-corrected chi connectivity index (χ0v) is 11.8. The van der Waals surface area contributed by atoms with Gasteiger partial charge in [-0.1, -0.05) is 0 Å². The minimum absolute atomic E-state index is 0.104. The quantitative estimate of drug-likeness (QED) is 0.894. The number of halogens is 1. The van der Waals surface area contributed by atoms with Gasteiger partial charge in [0.25, 0.3) is 0 Å². The molecule has 0 aliphatic carbocycles. The molecule has 1 aliphatic heterocycles. The number of hydrogen-bond acceptors (Lipinski definition) is 3. The smallest absolute Gasteiger partial charge is 0.229 e. The van der Waals surface area contributed by atoms with Crippen molar-refractivity contribution in [1.29, 1.82) is 0 Å². The lowest BCUT2D eigenvalue weighted by Crippen LogP contribution is -2.29. The van der Waals surface area contributed by atoms with Crippen LogP contribution in [0, 0.1) is 19.8 Å². The molecule has 0 aromatic carbocycles. The highest BCUT2D eigenvalue weighted by Crippen LogP contribution is 2.28. The Bertz CT molecular complexity index is 507. The van der Waals surface area contributed by atoms with Gasteiger partial charge < -0.3 is 5.73 Å². The van der Waals surface area contributed by atoms with Crippen LogP contribution >= 0.6 is 15.9 Å². The molecular weight excluding hydrogens is 298 g/mol. The lowest BCUT2D eigenvalue weighted by molar-refractivity contribution is -0.123. The van der Waals surface area contributed by atoms with E-state index in [4.69, 9.17) is 5.73 Å². The van der Waals surface area contributed by atoms with E-state index in [-0.39, 0.29) is 12.3 Å². The molecule has 1 aliphatic rings. The topological polar surface area (TPSA) is 76.3 Å². The molecule has 5 nitrogen and oxygen atoms in total. The maximum absolute atomic E-state index is 11.9. The lowest BCUT2D eigenvalue weighted by atomic mass is 10.1. The van der Waals surface area contributed by atoms with Crippen LogP contribution in [0.15, 0.2) is 10.5 Å². The van der Waals surface area contributed by atoms with E-state index < -0.39 is 11.8 Å². The highest BCUT2D eigenvalue weighted by atomic mass is 79.9. The van der Waals surface area contributed by atoms with Crippen LogP contribution in [0.1, 0.15) is 17.7 Å². The Balaban J connectivity index is 2.33. The second-order valence-electron chi connectivity index (χ2n) is 4.50. The highest BCUT2D eigenvalue weighted by Gasteiger charge is 2.34. The SMILES string of the molecule is Cc1cc(N2CC(C(N)=O)CC2=O)nc(C)c1Br. The van der Waals surface area contributed by atoms with Crippen LogP contribution in [0.25, 0.3) is 0 Å². The number of pyridine rings is 1. The Morgan fingerprint density at radius 2 is 2.22 bits per heavy atom. The molecule has 1 fully saturated rings. The van der Waals surface area contributed by atoms with Crippen molar-refractivity contribution in [3.63, 3.8) is 0 Å². The summed E-state index contributed by atoms with van der Waals surface area (Å²) >= 11 is 3.43. The number of aromatic nitrogens is 1. The van der Waals surface area contributed by atoms with Gasteiger partial charge in [-0.3, -0.25) is 14.5 Å². The molecule has 0 spiro atoms. The van der Waals surface area contributed by atoms with Crippen LogP contribution in [-0.2, 0) is 9.59 Å². The number of carbonyl (C=O) groups is 2. The van der Waals surface area contributed by atoms with Crippen LogP contribution in [0.3, 0.4) is 0 Å². The van der Waals surface area contributed by atoms with E-state index in [9.17, 15) is 9.59 Å². The normalized spacial score (nSPS) is 19.4. The molecule has 96 valence electrons. The summed E-state index contributed by atoms with van der Waals surface area (Å²) in [7, 11) is 0. The molecule has 2 N–H and O–H groups in total. The van der Waals surface area contributed by atoms with Crippen molar-refractivity contribution in [2.75, 3.05) is 11.4 Å².